The van der Waals surface area contributed by atoms with Gasteiger partial charge < -0.3 is 9.84 Å². The van der Waals surface area contributed by atoms with E-state index < -0.39 is 111 Å². The van der Waals surface area contributed by atoms with Gasteiger partial charge in [-0.2, -0.15) is 81.5 Å². The van der Waals surface area contributed by atoms with E-state index in [0.29, 0.717) is 6.07 Å². The summed E-state index contributed by atoms with van der Waals surface area (Å²) in [7, 11) is 0. The lowest BCUT2D eigenvalue weighted by atomic mass is 9.86. The van der Waals surface area contributed by atoms with Gasteiger partial charge in [0.05, 0.1) is 51.1 Å². The van der Waals surface area contributed by atoms with E-state index in [0.717, 1.165) is 6.07 Å². The second-order valence-corrected chi connectivity index (χ2v) is 10.8. The van der Waals surface area contributed by atoms with E-state index in [1.807, 2.05) is 0 Å². The molecule has 1 N–H and O–H groups in total. The van der Waals surface area contributed by atoms with Crippen LogP contribution in [-0.4, -0.2) is 34.3 Å². The molecular weight excluding hydrogens is 812 g/mol. The number of nitriles is 2. The van der Waals surface area contributed by atoms with Crippen molar-refractivity contribution in [2.24, 2.45) is 11.0 Å². The SMILES string of the molecule is N#Cc1c(C(F)(F)F)cc(C(OCCCI)C2C(C(F)(F)F)=NN(c3cc(C(F)(F)F)c(C#N)c(C(F)(F)F)c3)C2O)cc1C(F)(F)F. The van der Waals surface area contributed by atoms with E-state index >= 15 is 0 Å². The number of rotatable bonds is 7. The fourth-order valence-electron chi connectivity index (χ4n) is 4.69. The Balaban J connectivity index is 2.40. The average molecular weight is 826 g/mol. The zero-order valence-corrected chi connectivity index (χ0v) is 25.0. The molecule has 3 atom stereocenters. The number of alkyl halides is 16. The van der Waals surface area contributed by atoms with Gasteiger partial charge in [0.2, 0.25) is 0 Å². The largest absolute Gasteiger partial charge is 0.431 e. The normalized spacial score (nSPS) is 18.4. The van der Waals surface area contributed by atoms with E-state index in [4.69, 9.17) is 15.3 Å². The highest BCUT2D eigenvalue weighted by atomic mass is 127. The molecule has 0 aromatic heterocycles. The number of aliphatic hydroxyl groups is 1. The van der Waals surface area contributed by atoms with Crippen LogP contribution in [0.25, 0.3) is 0 Å². The molecule has 6 nitrogen and oxygen atoms in total. The Kier molecular flexibility index (Phi) is 10.9. The summed E-state index contributed by atoms with van der Waals surface area (Å²) in [6.07, 6.45) is -34.5. The molecule has 22 heteroatoms. The smallest absolute Gasteiger partial charge is 0.373 e. The predicted octanol–water partition coefficient (Wildman–Crippen LogP) is 8.76. The van der Waals surface area contributed by atoms with Crippen molar-refractivity contribution in [3.8, 4) is 12.1 Å². The number of ether oxygens (including phenoxy) is 1. The third kappa shape index (κ3) is 8.02. The van der Waals surface area contributed by atoms with Crippen LogP contribution in [0.2, 0.25) is 0 Å². The fraction of sp³-hybridized carbons (Fsp3) is 0.423. The minimum absolute atomic E-state index is 0.101. The lowest BCUT2D eigenvalue weighted by Gasteiger charge is -2.31. The summed E-state index contributed by atoms with van der Waals surface area (Å²) in [4.78, 5) is 0. The minimum Gasteiger partial charge on any atom is -0.373 e. The topological polar surface area (TPSA) is 92.6 Å². The first-order valence-electron chi connectivity index (χ1n) is 12.5. The number of benzene rings is 2. The van der Waals surface area contributed by atoms with Gasteiger partial charge in [-0.25, -0.2) is 5.01 Å². The van der Waals surface area contributed by atoms with Gasteiger partial charge in [-0.05, 0) is 36.2 Å². The van der Waals surface area contributed by atoms with E-state index in [9.17, 15) is 71.0 Å². The van der Waals surface area contributed by atoms with Crippen LogP contribution < -0.4 is 5.01 Å². The van der Waals surface area contributed by atoms with Crippen molar-refractivity contribution in [1.29, 1.82) is 10.5 Å². The third-order valence-electron chi connectivity index (χ3n) is 6.62. The molecule has 262 valence electrons. The molecule has 3 rings (SSSR count). The maximum atomic E-state index is 14.3. The van der Waals surface area contributed by atoms with Crippen LogP contribution in [0, 0.1) is 28.6 Å². The summed E-state index contributed by atoms with van der Waals surface area (Å²) in [5.74, 6) is -2.91. The zero-order valence-electron chi connectivity index (χ0n) is 22.9. The predicted molar refractivity (Wildman–Crippen MR) is 140 cm³/mol. The number of aliphatic hydroxyl groups excluding tert-OH is 1. The molecule has 2 aromatic carbocycles. The van der Waals surface area contributed by atoms with Gasteiger partial charge in [0.25, 0.3) is 0 Å². The number of hydrogen-bond acceptors (Lipinski definition) is 6. The molecule has 0 saturated heterocycles. The first-order chi connectivity index (χ1) is 21.8. The summed E-state index contributed by atoms with van der Waals surface area (Å²) < 4.78 is 214. The summed E-state index contributed by atoms with van der Waals surface area (Å²) >= 11 is 1.71. The molecule has 2 aromatic rings. The summed E-state index contributed by atoms with van der Waals surface area (Å²) in [5.41, 5.74) is -18.3. The number of halogens is 16. The van der Waals surface area contributed by atoms with Crippen molar-refractivity contribution in [3.05, 3.63) is 63.2 Å². The van der Waals surface area contributed by atoms with E-state index in [1.54, 1.807) is 22.6 Å². The highest BCUT2D eigenvalue weighted by Gasteiger charge is 2.55. The Morgan fingerprint density at radius 1 is 0.729 bits per heavy atom. The van der Waals surface area contributed by atoms with Crippen LogP contribution in [0.4, 0.5) is 71.5 Å². The van der Waals surface area contributed by atoms with Gasteiger partial charge >= 0.3 is 30.9 Å². The van der Waals surface area contributed by atoms with Gasteiger partial charge in [-0.1, -0.05) is 22.6 Å². The van der Waals surface area contributed by atoms with Crippen molar-refractivity contribution in [2.75, 3.05) is 16.0 Å². The quantitative estimate of drug-likeness (QED) is 0.131. The maximum absolute atomic E-state index is 14.3. The van der Waals surface area contributed by atoms with E-state index in [1.165, 1.54) is 0 Å². The highest BCUT2D eigenvalue weighted by Crippen LogP contribution is 2.48. The lowest BCUT2D eigenvalue weighted by Crippen LogP contribution is -2.41. The molecule has 1 heterocycles. The van der Waals surface area contributed by atoms with E-state index in [2.05, 4.69) is 5.10 Å². The van der Waals surface area contributed by atoms with Gasteiger partial charge in [0.15, 0.2) is 11.9 Å². The van der Waals surface area contributed by atoms with Gasteiger partial charge in [0, 0.05) is 11.0 Å². The molecule has 0 radical (unpaired) electrons. The Labute approximate surface area is 272 Å². The molecule has 0 saturated carbocycles. The van der Waals surface area contributed by atoms with Crippen molar-refractivity contribution < 1.29 is 75.7 Å². The lowest BCUT2D eigenvalue weighted by molar-refractivity contribution is -0.145. The number of nitrogens with zero attached hydrogens (tertiary/aromatic N) is 4. The molecule has 3 unspecified atom stereocenters. The second-order valence-electron chi connectivity index (χ2n) is 9.72. The van der Waals surface area contributed by atoms with Crippen molar-refractivity contribution >= 4 is 34.0 Å². The van der Waals surface area contributed by atoms with Crippen LogP contribution in [0.15, 0.2) is 29.4 Å². The van der Waals surface area contributed by atoms with Crippen LogP contribution in [0.1, 0.15) is 51.5 Å². The Morgan fingerprint density at radius 2 is 1.12 bits per heavy atom. The summed E-state index contributed by atoms with van der Waals surface area (Å²) in [6, 6.07) is 0.603. The van der Waals surface area contributed by atoms with Gasteiger partial charge in [-0.3, -0.25) is 0 Å². The monoisotopic (exact) mass is 826 g/mol. The van der Waals surface area contributed by atoms with Gasteiger partial charge in [0.1, 0.15) is 12.1 Å². The molecule has 0 fully saturated rings. The van der Waals surface area contributed by atoms with Crippen LogP contribution in [-0.2, 0) is 29.4 Å². The van der Waals surface area contributed by atoms with Crippen LogP contribution in [0.3, 0.4) is 0 Å². The number of hydrazone groups is 1. The molecule has 1 aliphatic rings. The Hall–Kier alpha value is -3.51. The third-order valence-corrected chi connectivity index (χ3v) is 7.38. The Morgan fingerprint density at radius 3 is 1.46 bits per heavy atom. The first-order valence-corrected chi connectivity index (χ1v) is 14.1. The maximum Gasteiger partial charge on any atom is 0.431 e. The number of anilines is 1. The Bertz CT molecular complexity index is 1580. The molecule has 48 heavy (non-hydrogen) atoms. The fourth-order valence-corrected chi connectivity index (χ4v) is 5.00. The minimum atomic E-state index is -5.77. The zero-order chi connectivity index (χ0) is 36.8. The summed E-state index contributed by atoms with van der Waals surface area (Å²) in [5, 5.41) is 31.7. The standard InChI is InChI=1S/C26H14F15IN4O2/c27-22(28,29)14-4-10(5-15(12(14)8-43)23(30,31)32)19(48-3-1-2-42)18-20(26(39,40)41)45-46(21(18)47)11-6-16(24(33,34)35)13(9-44)17(7-11)25(36,37)38/h4-7,18-19,21,47H,1-3H2. The number of hydrogen-bond donors (Lipinski definition) is 1. The van der Waals surface area contributed by atoms with Crippen LogP contribution in [0.5, 0.6) is 0 Å². The van der Waals surface area contributed by atoms with Crippen molar-refractivity contribution in [1.82, 2.24) is 0 Å². The molecule has 1 aliphatic heterocycles. The van der Waals surface area contributed by atoms with E-state index in [-0.39, 0.29) is 35.1 Å². The second kappa shape index (κ2) is 13.4. The average Bonchev–Trinajstić information content (AvgIpc) is 3.29. The molecule has 0 spiro atoms. The first kappa shape index (κ1) is 38.9. The summed E-state index contributed by atoms with van der Waals surface area (Å²) in [6.45, 7) is -0.696. The highest BCUT2D eigenvalue weighted by molar-refractivity contribution is 14.1. The molecule has 0 bridgehead atoms. The van der Waals surface area contributed by atoms with Gasteiger partial charge in [-0.15, -0.1) is 0 Å². The molecular formula is C26H14F15IN4O2. The molecule has 0 aliphatic carbocycles. The molecule has 0 amide bonds. The van der Waals surface area contributed by atoms with Crippen LogP contribution >= 0.6 is 22.6 Å². The van der Waals surface area contributed by atoms with Crippen molar-refractivity contribution in [2.45, 2.75) is 49.6 Å². The van der Waals surface area contributed by atoms with Crippen molar-refractivity contribution in [3.63, 3.8) is 0 Å².